The lowest BCUT2D eigenvalue weighted by molar-refractivity contribution is -0.137. The van der Waals surface area contributed by atoms with Crippen LogP contribution in [0.3, 0.4) is 0 Å². The Morgan fingerprint density at radius 3 is 2.40 bits per heavy atom. The van der Waals surface area contributed by atoms with Gasteiger partial charge in [-0.1, -0.05) is 12.2 Å². The van der Waals surface area contributed by atoms with Crippen LogP contribution in [-0.2, 0) is 4.79 Å². The van der Waals surface area contributed by atoms with Crippen molar-refractivity contribution in [3.05, 3.63) is 35.9 Å². The number of piperidine rings is 1. The van der Waals surface area contributed by atoms with Gasteiger partial charge in [-0.3, -0.25) is 9.59 Å². The summed E-state index contributed by atoms with van der Waals surface area (Å²) < 4.78 is 11.7. The predicted octanol–water partition coefficient (Wildman–Crippen LogP) is 3.66. The van der Waals surface area contributed by atoms with Gasteiger partial charge in [0.25, 0.3) is 5.91 Å². The Labute approximate surface area is 178 Å². The Kier molecular flexibility index (Phi) is 6.60. The fourth-order valence-electron chi connectivity index (χ4n) is 4.64. The summed E-state index contributed by atoms with van der Waals surface area (Å²) in [5.41, 5.74) is 0.602. The van der Waals surface area contributed by atoms with Crippen molar-refractivity contribution in [3.63, 3.8) is 0 Å². The van der Waals surface area contributed by atoms with Crippen molar-refractivity contribution >= 4 is 11.8 Å². The van der Waals surface area contributed by atoms with E-state index in [-0.39, 0.29) is 23.8 Å². The van der Waals surface area contributed by atoms with Crippen molar-refractivity contribution in [2.24, 2.45) is 5.92 Å². The number of carbonyl (C=O) groups excluding carboxylic acids is 2. The number of amides is 2. The fraction of sp³-hybridized carbons (Fsp3) is 0.583. The van der Waals surface area contributed by atoms with Crippen molar-refractivity contribution in [1.82, 2.24) is 9.80 Å². The summed E-state index contributed by atoms with van der Waals surface area (Å²) >= 11 is 0. The molecular weight excluding hydrogens is 380 g/mol. The standard InChI is InChI=1S/C24H32N2O4/c1-29-20-9-10-21(24(28)25-13-5-6-14-25)22(17-20)30-19-11-15-26(16-12-19)23(27)18-7-3-2-4-8-18/h2-3,9-10,17-19H,4-8,11-16H2,1H3/t18-/m0/s1. The van der Waals surface area contributed by atoms with Crippen LogP contribution >= 0.6 is 0 Å². The molecule has 0 N–H and O–H groups in total. The minimum atomic E-state index is -0.00228. The zero-order valence-electron chi connectivity index (χ0n) is 17.8. The SMILES string of the molecule is COc1ccc(C(=O)N2CCCC2)c(OC2CCN(C(=O)[C@H]3CC=CCC3)CC2)c1. The zero-order chi connectivity index (χ0) is 20.9. The predicted molar refractivity (Wildman–Crippen MR) is 115 cm³/mol. The minimum Gasteiger partial charge on any atom is -0.497 e. The van der Waals surface area contributed by atoms with Crippen LogP contribution in [0.15, 0.2) is 30.4 Å². The van der Waals surface area contributed by atoms with Crippen molar-refractivity contribution in [2.75, 3.05) is 33.3 Å². The summed E-state index contributed by atoms with van der Waals surface area (Å²) in [6.07, 6.45) is 10.8. The Morgan fingerprint density at radius 2 is 1.73 bits per heavy atom. The van der Waals surface area contributed by atoms with Gasteiger partial charge in [0, 0.05) is 51.0 Å². The van der Waals surface area contributed by atoms with E-state index in [4.69, 9.17) is 9.47 Å². The topological polar surface area (TPSA) is 59.1 Å². The van der Waals surface area contributed by atoms with Crippen LogP contribution in [0.25, 0.3) is 0 Å². The molecule has 3 aliphatic rings. The highest BCUT2D eigenvalue weighted by Crippen LogP contribution is 2.30. The maximum absolute atomic E-state index is 13.0. The van der Waals surface area contributed by atoms with Gasteiger partial charge in [-0.25, -0.2) is 0 Å². The van der Waals surface area contributed by atoms with E-state index < -0.39 is 0 Å². The van der Waals surface area contributed by atoms with E-state index in [0.717, 1.165) is 58.0 Å². The van der Waals surface area contributed by atoms with E-state index in [9.17, 15) is 9.59 Å². The lowest BCUT2D eigenvalue weighted by atomic mass is 9.92. The first kappa shape index (κ1) is 20.8. The normalized spacial score (nSPS) is 22.2. The number of carbonyl (C=O) groups is 2. The van der Waals surface area contributed by atoms with Crippen molar-refractivity contribution < 1.29 is 19.1 Å². The molecule has 0 unspecified atom stereocenters. The van der Waals surface area contributed by atoms with E-state index in [1.807, 2.05) is 28.0 Å². The quantitative estimate of drug-likeness (QED) is 0.693. The van der Waals surface area contributed by atoms with Gasteiger partial charge in [0.05, 0.1) is 12.7 Å². The number of nitrogens with zero attached hydrogens (tertiary/aromatic N) is 2. The van der Waals surface area contributed by atoms with Gasteiger partial charge in [0.2, 0.25) is 5.91 Å². The summed E-state index contributed by atoms with van der Waals surface area (Å²) in [6, 6.07) is 5.44. The molecule has 0 spiro atoms. The third kappa shape index (κ3) is 4.63. The Balaban J connectivity index is 1.40. The second-order valence-corrected chi connectivity index (χ2v) is 8.49. The number of allylic oxidation sites excluding steroid dienone is 2. The summed E-state index contributed by atoms with van der Waals surface area (Å²) in [5, 5.41) is 0. The molecular formula is C24H32N2O4. The summed E-state index contributed by atoms with van der Waals surface area (Å²) in [6.45, 7) is 3.04. The number of methoxy groups -OCH3 is 1. The van der Waals surface area contributed by atoms with Crippen LogP contribution in [0.5, 0.6) is 11.5 Å². The van der Waals surface area contributed by atoms with E-state index >= 15 is 0 Å². The molecule has 4 rings (SSSR count). The summed E-state index contributed by atoms with van der Waals surface area (Å²) in [4.78, 5) is 29.6. The van der Waals surface area contributed by atoms with Gasteiger partial charge >= 0.3 is 0 Å². The van der Waals surface area contributed by atoms with Gasteiger partial charge < -0.3 is 19.3 Å². The molecule has 1 atom stereocenters. The van der Waals surface area contributed by atoms with E-state index in [1.54, 1.807) is 7.11 Å². The van der Waals surface area contributed by atoms with Crippen molar-refractivity contribution in [2.45, 2.75) is 51.0 Å². The molecule has 2 fully saturated rings. The number of rotatable bonds is 5. The second kappa shape index (κ2) is 9.54. The molecule has 1 aromatic rings. The Morgan fingerprint density at radius 1 is 0.967 bits per heavy atom. The Bertz CT molecular complexity index is 792. The molecule has 1 aliphatic carbocycles. The molecule has 162 valence electrons. The van der Waals surface area contributed by atoms with E-state index in [0.29, 0.717) is 30.2 Å². The fourth-order valence-corrected chi connectivity index (χ4v) is 4.64. The number of ether oxygens (including phenoxy) is 2. The molecule has 30 heavy (non-hydrogen) atoms. The molecule has 6 heteroatoms. The largest absolute Gasteiger partial charge is 0.497 e. The first-order chi connectivity index (χ1) is 14.7. The van der Waals surface area contributed by atoms with Gasteiger partial charge in [0.15, 0.2) is 0 Å². The number of hydrogen-bond acceptors (Lipinski definition) is 4. The van der Waals surface area contributed by atoms with Crippen LogP contribution < -0.4 is 9.47 Å². The zero-order valence-corrected chi connectivity index (χ0v) is 17.8. The molecule has 2 saturated heterocycles. The van der Waals surface area contributed by atoms with Gasteiger partial charge in [-0.15, -0.1) is 0 Å². The highest BCUT2D eigenvalue weighted by atomic mass is 16.5. The van der Waals surface area contributed by atoms with Crippen LogP contribution in [0.2, 0.25) is 0 Å². The van der Waals surface area contributed by atoms with Gasteiger partial charge in [-0.05, 0) is 44.2 Å². The third-order valence-electron chi connectivity index (χ3n) is 6.48. The third-order valence-corrected chi connectivity index (χ3v) is 6.48. The van der Waals surface area contributed by atoms with E-state index in [1.165, 1.54) is 0 Å². The molecule has 2 heterocycles. The first-order valence-corrected chi connectivity index (χ1v) is 11.2. The van der Waals surface area contributed by atoms with E-state index in [2.05, 4.69) is 12.2 Å². The number of hydrogen-bond donors (Lipinski definition) is 0. The molecule has 0 saturated carbocycles. The maximum Gasteiger partial charge on any atom is 0.257 e. The summed E-state index contributed by atoms with van der Waals surface area (Å²) in [7, 11) is 1.62. The highest BCUT2D eigenvalue weighted by molar-refractivity contribution is 5.97. The minimum absolute atomic E-state index is 0.00228. The molecule has 2 amide bonds. The van der Waals surface area contributed by atoms with Crippen molar-refractivity contribution in [1.29, 1.82) is 0 Å². The number of benzene rings is 1. The average Bonchev–Trinajstić information content (AvgIpc) is 3.34. The molecule has 0 aromatic heterocycles. The van der Waals surface area contributed by atoms with Crippen LogP contribution in [0, 0.1) is 5.92 Å². The second-order valence-electron chi connectivity index (χ2n) is 8.49. The van der Waals surface area contributed by atoms with Gasteiger partial charge in [0.1, 0.15) is 17.6 Å². The highest BCUT2D eigenvalue weighted by Gasteiger charge is 2.30. The maximum atomic E-state index is 13.0. The number of likely N-dealkylation sites (tertiary alicyclic amines) is 2. The monoisotopic (exact) mass is 412 g/mol. The molecule has 0 bridgehead atoms. The molecule has 6 nitrogen and oxygen atoms in total. The lowest BCUT2D eigenvalue weighted by Crippen LogP contribution is -2.44. The smallest absolute Gasteiger partial charge is 0.257 e. The summed E-state index contributed by atoms with van der Waals surface area (Å²) in [5.74, 6) is 1.72. The van der Waals surface area contributed by atoms with Crippen LogP contribution in [-0.4, -0.2) is 61.0 Å². The average molecular weight is 413 g/mol. The van der Waals surface area contributed by atoms with Crippen LogP contribution in [0.1, 0.15) is 55.3 Å². The molecule has 1 aromatic carbocycles. The lowest BCUT2D eigenvalue weighted by Gasteiger charge is -2.35. The Hall–Kier alpha value is -2.50. The van der Waals surface area contributed by atoms with Gasteiger partial charge in [-0.2, -0.15) is 0 Å². The van der Waals surface area contributed by atoms with Crippen LogP contribution in [0.4, 0.5) is 0 Å². The van der Waals surface area contributed by atoms with Crippen molar-refractivity contribution in [3.8, 4) is 11.5 Å². The molecule has 2 aliphatic heterocycles. The molecule has 0 radical (unpaired) electrons. The first-order valence-electron chi connectivity index (χ1n) is 11.2.